The zero-order valence-electron chi connectivity index (χ0n) is 29.6. The summed E-state index contributed by atoms with van der Waals surface area (Å²) >= 11 is 0. The Hall–Kier alpha value is -2.13. The van der Waals surface area contributed by atoms with Gasteiger partial charge in [0.05, 0.1) is 16.1 Å². The van der Waals surface area contributed by atoms with Crippen LogP contribution in [0.5, 0.6) is 0 Å². The topological polar surface area (TPSA) is 52.6 Å². The third-order valence-electron chi connectivity index (χ3n) is 12.7. The molecule has 0 unspecified atom stereocenters. The molecule has 0 saturated carbocycles. The number of ether oxygens (including phenoxy) is 2. The van der Waals surface area contributed by atoms with Crippen LogP contribution in [0.3, 0.4) is 0 Å². The van der Waals surface area contributed by atoms with Crippen molar-refractivity contribution >= 4 is 27.7 Å². The van der Waals surface area contributed by atoms with Crippen molar-refractivity contribution in [1.82, 2.24) is 0 Å². The highest BCUT2D eigenvalue weighted by Gasteiger charge is 2.75. The van der Waals surface area contributed by atoms with E-state index in [9.17, 15) is 9.59 Å². The van der Waals surface area contributed by atoms with E-state index in [2.05, 4.69) is 107 Å². The van der Waals surface area contributed by atoms with Gasteiger partial charge in [0.15, 0.2) is 29.1 Å². The molecule has 1 fully saturated rings. The first-order valence-corrected chi connectivity index (χ1v) is 21.9. The van der Waals surface area contributed by atoms with Crippen molar-refractivity contribution in [3.63, 3.8) is 0 Å². The first-order valence-electron chi connectivity index (χ1n) is 17.5. The quantitative estimate of drug-likeness (QED) is 0.252. The van der Waals surface area contributed by atoms with Gasteiger partial charge < -0.3 is 9.47 Å². The Bertz CT molecular complexity index is 1430. The predicted octanol–water partition coefficient (Wildman–Crippen LogP) is 10.1. The van der Waals surface area contributed by atoms with Crippen LogP contribution in [0.1, 0.15) is 108 Å². The molecule has 5 aliphatic rings. The van der Waals surface area contributed by atoms with Gasteiger partial charge >= 0.3 is 0 Å². The zero-order chi connectivity index (χ0) is 33.0. The van der Waals surface area contributed by atoms with Crippen LogP contribution in [0, 0.1) is 0 Å². The first kappa shape index (κ1) is 32.8. The molecule has 2 atom stereocenters. The van der Waals surface area contributed by atoms with Gasteiger partial charge in [-0.3, -0.25) is 9.59 Å². The maximum absolute atomic E-state index is 14.4. The average Bonchev–Trinajstić information content (AvgIpc) is 3.64. The molecule has 0 aromatic heterocycles. The lowest BCUT2D eigenvalue weighted by molar-refractivity contribution is -0.115. The maximum atomic E-state index is 14.4. The minimum absolute atomic E-state index is 0.282. The third-order valence-corrected chi connectivity index (χ3v) is 27.0. The standard InChI is InChI=1S/C39H54O4Si2/c1-22(2)44(23(3)4,24(5)6)35-31(40)18-29-20-39-34-30(19-32(41)36(34)45(25(7)8,26(9)10)27(11)12)21-38(39,33(29)35)42-37(43-39)28-16-14-13-15-17-28/h13-17,20-27,37H,18-19H2,1-12H3/t38-,39-/m1/s1. The minimum atomic E-state index is -2.38. The van der Waals surface area contributed by atoms with Gasteiger partial charge in [-0.15, -0.1) is 0 Å². The second-order valence-corrected chi connectivity index (χ2v) is 27.9. The van der Waals surface area contributed by atoms with Gasteiger partial charge in [0, 0.05) is 18.4 Å². The number of ketones is 2. The molecule has 0 bridgehead atoms. The highest BCUT2D eigenvalue weighted by molar-refractivity contribution is 6.94. The SMILES string of the molecule is CC(C)[Si](C1=C2C(=C[C@]34OC(c5ccccc5)O[C@]23C=C2CC(=O)C([Si](C(C)C)(C(C)C)C(C)C)=C24)CC1=O)(C(C)C)C(C)C. The summed E-state index contributed by atoms with van der Waals surface area (Å²) in [5.74, 6) is 0.564. The zero-order valence-corrected chi connectivity index (χ0v) is 31.6. The number of Topliss-reactive ketones (excluding diaryl/α,β-unsaturated/α-hetero) is 2. The molecule has 0 radical (unpaired) electrons. The summed E-state index contributed by atoms with van der Waals surface area (Å²) in [6.45, 7) is 28.0. The molecule has 0 spiro atoms. The van der Waals surface area contributed by atoms with E-state index in [-0.39, 0.29) is 11.6 Å². The first-order chi connectivity index (χ1) is 21.0. The van der Waals surface area contributed by atoms with Crippen LogP contribution in [0.4, 0.5) is 0 Å². The largest absolute Gasteiger partial charge is 0.329 e. The Kier molecular flexibility index (Phi) is 7.80. The van der Waals surface area contributed by atoms with Crippen molar-refractivity contribution in [2.45, 2.75) is 147 Å². The summed E-state index contributed by atoms with van der Waals surface area (Å²) in [6.07, 6.45) is 4.75. The summed E-state index contributed by atoms with van der Waals surface area (Å²) < 4.78 is 14.7. The van der Waals surface area contributed by atoms with Crippen molar-refractivity contribution < 1.29 is 19.1 Å². The van der Waals surface area contributed by atoms with Crippen LogP contribution in [-0.4, -0.2) is 38.9 Å². The molecular formula is C39H54O4Si2. The number of hydrogen-bond donors (Lipinski definition) is 0. The van der Waals surface area contributed by atoms with Crippen molar-refractivity contribution in [2.24, 2.45) is 0 Å². The molecule has 1 heterocycles. The summed E-state index contributed by atoms with van der Waals surface area (Å²) in [4.78, 5) is 28.8. The van der Waals surface area contributed by atoms with E-state index in [4.69, 9.17) is 9.47 Å². The van der Waals surface area contributed by atoms with Gasteiger partial charge in [0.2, 0.25) is 0 Å². The lowest BCUT2D eigenvalue weighted by Crippen LogP contribution is -2.54. The van der Waals surface area contributed by atoms with Gasteiger partial charge in [-0.2, -0.15) is 0 Å². The van der Waals surface area contributed by atoms with E-state index in [1.54, 1.807) is 0 Å². The molecule has 4 nitrogen and oxygen atoms in total. The second kappa shape index (κ2) is 10.7. The fourth-order valence-electron chi connectivity index (χ4n) is 11.7. The van der Waals surface area contributed by atoms with Crippen LogP contribution >= 0.6 is 0 Å². The number of carbonyl (C=O) groups is 2. The van der Waals surface area contributed by atoms with Crippen LogP contribution in [0.2, 0.25) is 33.2 Å². The van der Waals surface area contributed by atoms with Crippen LogP contribution < -0.4 is 0 Å². The fourth-order valence-corrected chi connectivity index (χ4v) is 25.9. The monoisotopic (exact) mass is 642 g/mol. The summed E-state index contributed by atoms with van der Waals surface area (Å²) in [5.41, 5.74) is 5.74. The highest BCUT2D eigenvalue weighted by atomic mass is 28.3. The van der Waals surface area contributed by atoms with Gasteiger partial charge in [-0.25, -0.2) is 0 Å². The smallest absolute Gasteiger partial charge is 0.187 e. The second-order valence-electron chi connectivity index (χ2n) is 16.3. The number of allylic oxidation sites excluding steroid dienone is 2. The Morgan fingerprint density at radius 3 is 1.22 bits per heavy atom. The van der Waals surface area contributed by atoms with Gasteiger partial charge in [-0.05, 0) is 78.1 Å². The van der Waals surface area contributed by atoms with Gasteiger partial charge in [0.1, 0.15) is 0 Å². The van der Waals surface area contributed by atoms with E-state index < -0.39 is 33.6 Å². The van der Waals surface area contributed by atoms with E-state index in [1.165, 1.54) is 0 Å². The van der Waals surface area contributed by atoms with Crippen molar-refractivity contribution in [3.8, 4) is 0 Å². The van der Waals surface area contributed by atoms with Crippen LogP contribution in [-0.2, 0) is 19.1 Å². The molecule has 1 saturated heterocycles. The van der Waals surface area contributed by atoms with Crippen molar-refractivity contribution in [1.29, 1.82) is 0 Å². The molecule has 0 N–H and O–H groups in total. The van der Waals surface area contributed by atoms with Crippen LogP contribution in [0.15, 0.2) is 75.2 Å². The lowest BCUT2D eigenvalue weighted by Gasteiger charge is -2.46. The molecule has 0 amide bonds. The molecule has 6 rings (SSSR count). The molecular weight excluding hydrogens is 589 g/mol. The van der Waals surface area contributed by atoms with E-state index >= 15 is 0 Å². The number of rotatable bonds is 9. The molecule has 1 aliphatic heterocycles. The van der Waals surface area contributed by atoms with Crippen molar-refractivity contribution in [2.75, 3.05) is 0 Å². The Balaban J connectivity index is 1.73. The fraction of sp³-hybridized carbons (Fsp3) is 0.590. The summed E-state index contributed by atoms with van der Waals surface area (Å²) in [6, 6.07) is 10.2. The van der Waals surface area contributed by atoms with Gasteiger partial charge in [0.25, 0.3) is 0 Å². The average molecular weight is 643 g/mol. The lowest BCUT2D eigenvalue weighted by atomic mass is 9.83. The third kappa shape index (κ3) is 3.89. The Morgan fingerprint density at radius 1 is 0.578 bits per heavy atom. The summed E-state index contributed by atoms with van der Waals surface area (Å²) in [5, 5.41) is 2.16. The molecule has 242 valence electrons. The molecule has 1 aromatic carbocycles. The van der Waals surface area contributed by atoms with E-state index in [0.717, 1.165) is 38.2 Å². The van der Waals surface area contributed by atoms with Crippen LogP contribution in [0.25, 0.3) is 0 Å². The molecule has 45 heavy (non-hydrogen) atoms. The Morgan fingerprint density at radius 2 is 0.911 bits per heavy atom. The predicted molar refractivity (Wildman–Crippen MR) is 188 cm³/mol. The number of benzene rings is 1. The molecule has 4 aliphatic carbocycles. The number of fused-ring (bicyclic) bond motifs is 2. The Labute approximate surface area is 273 Å². The molecule has 6 heteroatoms. The van der Waals surface area contributed by atoms with Gasteiger partial charge in [-0.1, -0.05) is 113 Å². The minimum Gasteiger partial charge on any atom is -0.329 e. The van der Waals surface area contributed by atoms with E-state index in [1.807, 2.05) is 18.2 Å². The number of hydrogen-bond acceptors (Lipinski definition) is 4. The number of carbonyl (C=O) groups excluding carboxylic acids is 2. The summed E-state index contributed by atoms with van der Waals surface area (Å²) in [7, 11) is -4.76. The van der Waals surface area contributed by atoms with Crippen molar-refractivity contribution in [3.05, 3.63) is 80.7 Å². The maximum Gasteiger partial charge on any atom is 0.187 e. The van der Waals surface area contributed by atoms with E-state index in [0.29, 0.717) is 46.1 Å². The highest BCUT2D eigenvalue weighted by Crippen LogP contribution is 2.71. The normalized spacial score (nSPS) is 26.9. The molecule has 1 aromatic rings.